The zero-order chi connectivity index (χ0) is 7.23. The van der Waals surface area contributed by atoms with Gasteiger partial charge in [-0.3, -0.25) is 0 Å². The molecule has 0 saturated carbocycles. The fourth-order valence-corrected chi connectivity index (χ4v) is 0.567. The van der Waals surface area contributed by atoms with Crippen LogP contribution in [0.3, 0.4) is 0 Å². The van der Waals surface area contributed by atoms with Crippen LogP contribution < -0.4 is 5.23 Å². The smallest absolute Gasteiger partial charge is 0.422 e. The molecule has 1 heterocycles. The Kier molecular flexibility index (Phi) is 2.76. The van der Waals surface area contributed by atoms with Crippen LogP contribution in [-0.4, -0.2) is 19.7 Å². The van der Waals surface area contributed by atoms with Crippen molar-refractivity contribution in [3.63, 3.8) is 0 Å². The van der Waals surface area contributed by atoms with Gasteiger partial charge in [-0.15, -0.1) is 0 Å². The van der Waals surface area contributed by atoms with Crippen molar-refractivity contribution in [3.05, 3.63) is 24.4 Å². The van der Waals surface area contributed by atoms with E-state index < -0.39 is 0 Å². The van der Waals surface area contributed by atoms with Gasteiger partial charge < -0.3 is 9.88 Å². The average Bonchev–Trinajstić information content (AvgIpc) is 2.03. The summed E-state index contributed by atoms with van der Waals surface area (Å²) in [6.45, 7) is 0. The van der Waals surface area contributed by atoms with Crippen LogP contribution in [0.4, 0.5) is 5.82 Å². The summed E-state index contributed by atoms with van der Waals surface area (Å²) in [5.41, 5.74) is 0. The van der Waals surface area contributed by atoms with E-state index in [2.05, 4.69) is 14.9 Å². The van der Waals surface area contributed by atoms with Gasteiger partial charge in [-0.1, -0.05) is 6.07 Å². The Labute approximate surface area is 60.7 Å². The lowest BCUT2D eigenvalue weighted by Crippen LogP contribution is -2.08. The molecule has 1 radical (unpaired) electrons. The monoisotopic (exact) mass is 135 g/mol. The Morgan fingerprint density at radius 2 is 2.50 bits per heavy atom. The van der Waals surface area contributed by atoms with Gasteiger partial charge in [-0.05, 0) is 12.1 Å². The maximum absolute atomic E-state index is 4.67. The summed E-state index contributed by atoms with van der Waals surface area (Å²) in [6, 6.07) is 5.62. The van der Waals surface area contributed by atoms with E-state index in [1.165, 1.54) is 7.62 Å². The molecule has 0 atom stereocenters. The SMILES string of the molecule is CO[B]Nc1ccccn1. The molecule has 4 heteroatoms. The van der Waals surface area contributed by atoms with Crippen molar-refractivity contribution in [1.29, 1.82) is 0 Å². The molecule has 1 N–H and O–H groups in total. The molecule has 0 saturated heterocycles. The molecule has 1 rings (SSSR count). The number of rotatable bonds is 3. The van der Waals surface area contributed by atoms with Gasteiger partial charge in [-0.2, -0.15) is 0 Å². The highest BCUT2D eigenvalue weighted by Crippen LogP contribution is 1.96. The molecule has 0 unspecified atom stereocenters. The van der Waals surface area contributed by atoms with Crippen molar-refractivity contribution in [2.45, 2.75) is 0 Å². The lowest BCUT2D eigenvalue weighted by atomic mass is 10.3. The topological polar surface area (TPSA) is 34.1 Å². The highest BCUT2D eigenvalue weighted by molar-refractivity contribution is 6.32. The maximum atomic E-state index is 4.67. The van der Waals surface area contributed by atoms with Crippen molar-refractivity contribution in [2.24, 2.45) is 0 Å². The maximum Gasteiger partial charge on any atom is 0.437 e. The van der Waals surface area contributed by atoms with E-state index in [-0.39, 0.29) is 0 Å². The van der Waals surface area contributed by atoms with Crippen LogP contribution >= 0.6 is 0 Å². The van der Waals surface area contributed by atoms with E-state index in [4.69, 9.17) is 0 Å². The molecule has 0 aliphatic heterocycles. The third-order valence-corrected chi connectivity index (χ3v) is 0.990. The molecule has 1 aromatic heterocycles. The van der Waals surface area contributed by atoms with Gasteiger partial charge in [0.2, 0.25) is 0 Å². The first kappa shape index (κ1) is 7.09. The number of anilines is 1. The van der Waals surface area contributed by atoms with E-state index in [1.54, 1.807) is 13.3 Å². The van der Waals surface area contributed by atoms with Gasteiger partial charge in [0.05, 0.1) is 0 Å². The van der Waals surface area contributed by atoms with Crippen molar-refractivity contribution in [3.8, 4) is 0 Å². The van der Waals surface area contributed by atoms with Gasteiger partial charge >= 0.3 is 7.62 Å². The zero-order valence-corrected chi connectivity index (χ0v) is 5.74. The highest BCUT2D eigenvalue weighted by atomic mass is 16.4. The van der Waals surface area contributed by atoms with Gasteiger partial charge in [0.15, 0.2) is 0 Å². The van der Waals surface area contributed by atoms with E-state index >= 15 is 0 Å². The summed E-state index contributed by atoms with van der Waals surface area (Å²) in [5, 5.41) is 2.84. The third-order valence-electron chi connectivity index (χ3n) is 0.990. The van der Waals surface area contributed by atoms with Gasteiger partial charge in [0.25, 0.3) is 0 Å². The Balaban J connectivity index is 2.43. The minimum Gasteiger partial charge on any atom is -0.422 e. The van der Waals surface area contributed by atoms with Crippen LogP contribution in [0, 0.1) is 0 Å². The standard InChI is InChI=1S/C6H8BN2O/c1-10-7-9-6-4-2-3-5-8-6/h2-5H,1H3,(H,8,9). The van der Waals surface area contributed by atoms with E-state index in [0.29, 0.717) is 0 Å². The average molecular weight is 135 g/mol. The molecule has 0 bridgehead atoms. The molecule has 0 aliphatic rings. The second kappa shape index (κ2) is 3.90. The van der Waals surface area contributed by atoms with Gasteiger partial charge in [0.1, 0.15) is 5.82 Å². The van der Waals surface area contributed by atoms with Crippen molar-refractivity contribution < 1.29 is 4.65 Å². The molecule has 10 heavy (non-hydrogen) atoms. The van der Waals surface area contributed by atoms with Gasteiger partial charge in [0, 0.05) is 13.3 Å². The molecule has 0 aliphatic carbocycles. The predicted octanol–water partition coefficient (Wildman–Crippen LogP) is 0.674. The number of hydrogen-bond donors (Lipinski definition) is 1. The molecule has 0 spiro atoms. The van der Waals surface area contributed by atoms with Crippen LogP contribution in [-0.2, 0) is 4.65 Å². The molecule has 51 valence electrons. The summed E-state index contributed by atoms with van der Waals surface area (Å²) < 4.78 is 4.67. The Bertz CT molecular complexity index is 180. The number of aromatic nitrogens is 1. The molecule has 1 aromatic rings. The first-order valence-electron chi connectivity index (χ1n) is 2.95. The van der Waals surface area contributed by atoms with E-state index in [9.17, 15) is 0 Å². The number of nitrogens with one attached hydrogen (secondary N) is 1. The zero-order valence-electron chi connectivity index (χ0n) is 5.74. The lowest BCUT2D eigenvalue weighted by Gasteiger charge is -1.98. The van der Waals surface area contributed by atoms with Crippen molar-refractivity contribution in [2.75, 3.05) is 12.3 Å². The van der Waals surface area contributed by atoms with E-state index in [0.717, 1.165) is 5.82 Å². The number of hydrogen-bond acceptors (Lipinski definition) is 3. The van der Waals surface area contributed by atoms with E-state index in [1.807, 2.05) is 18.2 Å². The summed E-state index contributed by atoms with van der Waals surface area (Å²) >= 11 is 0. The summed E-state index contributed by atoms with van der Waals surface area (Å²) in [7, 11) is 3.05. The fourth-order valence-electron chi connectivity index (χ4n) is 0.567. The van der Waals surface area contributed by atoms with Crippen LogP contribution in [0.15, 0.2) is 24.4 Å². The largest absolute Gasteiger partial charge is 0.437 e. The van der Waals surface area contributed by atoms with Crippen LogP contribution in [0.1, 0.15) is 0 Å². The summed E-state index contributed by atoms with van der Waals surface area (Å²) in [5.74, 6) is 0.782. The van der Waals surface area contributed by atoms with Crippen molar-refractivity contribution >= 4 is 13.4 Å². The number of pyridine rings is 1. The summed E-state index contributed by atoms with van der Waals surface area (Å²) in [6.07, 6.45) is 1.71. The predicted molar refractivity (Wildman–Crippen MR) is 40.6 cm³/mol. The normalized spacial score (nSPS) is 8.90. The minimum atomic E-state index is 0.782. The molecule has 0 aromatic carbocycles. The molecular formula is C6H8BN2O. The Morgan fingerprint density at radius 1 is 1.60 bits per heavy atom. The quantitative estimate of drug-likeness (QED) is 0.618. The Hall–Kier alpha value is -1.03. The second-order valence-electron chi connectivity index (χ2n) is 1.71. The summed E-state index contributed by atoms with van der Waals surface area (Å²) in [4.78, 5) is 3.99. The van der Waals surface area contributed by atoms with Crippen LogP contribution in [0.2, 0.25) is 0 Å². The Morgan fingerprint density at radius 3 is 3.10 bits per heavy atom. The molecular weight excluding hydrogens is 127 g/mol. The number of nitrogens with zero attached hydrogens (tertiary/aromatic N) is 1. The molecule has 0 fully saturated rings. The first-order valence-corrected chi connectivity index (χ1v) is 2.95. The third kappa shape index (κ3) is 2.07. The van der Waals surface area contributed by atoms with Crippen LogP contribution in [0.5, 0.6) is 0 Å². The van der Waals surface area contributed by atoms with Crippen molar-refractivity contribution in [1.82, 2.24) is 4.98 Å². The lowest BCUT2D eigenvalue weighted by molar-refractivity contribution is 0.446. The second-order valence-corrected chi connectivity index (χ2v) is 1.71. The minimum absolute atomic E-state index is 0.782. The first-order chi connectivity index (χ1) is 4.93. The molecule has 0 amide bonds. The fraction of sp³-hybridized carbons (Fsp3) is 0.167. The van der Waals surface area contributed by atoms with Gasteiger partial charge in [-0.25, -0.2) is 4.98 Å². The highest BCUT2D eigenvalue weighted by Gasteiger charge is 1.89. The van der Waals surface area contributed by atoms with Crippen LogP contribution in [0.25, 0.3) is 0 Å². The molecule has 3 nitrogen and oxygen atoms in total.